The zero-order valence-electron chi connectivity index (χ0n) is 11.4. The molecule has 0 radical (unpaired) electrons. The van der Waals surface area contributed by atoms with Crippen LogP contribution in [0, 0.1) is 11.3 Å². The Labute approximate surface area is 109 Å². The fraction of sp³-hybridized carbons (Fsp3) is 0.625. The zero-order valence-corrected chi connectivity index (χ0v) is 11.4. The Balaban J connectivity index is 2.02. The van der Waals surface area contributed by atoms with Gasteiger partial charge in [-0.25, -0.2) is 0 Å². The summed E-state index contributed by atoms with van der Waals surface area (Å²) in [5.74, 6) is 1.95. The van der Waals surface area contributed by atoms with Gasteiger partial charge in [-0.3, -0.25) is 0 Å². The van der Waals surface area contributed by atoms with E-state index < -0.39 is 0 Å². The molecule has 0 amide bonds. The highest BCUT2D eigenvalue weighted by Gasteiger charge is 2.59. The maximum atomic E-state index is 10.4. The van der Waals surface area contributed by atoms with E-state index in [1.54, 1.807) is 7.11 Å². The average molecular weight is 246 g/mol. The Morgan fingerprint density at radius 2 is 2.22 bits per heavy atom. The van der Waals surface area contributed by atoms with Crippen molar-refractivity contribution in [1.82, 2.24) is 0 Å². The van der Waals surface area contributed by atoms with Crippen molar-refractivity contribution in [2.45, 2.75) is 45.1 Å². The van der Waals surface area contributed by atoms with Crippen LogP contribution in [-0.4, -0.2) is 18.3 Å². The lowest BCUT2D eigenvalue weighted by molar-refractivity contribution is -0.142. The average Bonchev–Trinajstić information content (AvgIpc) is 2.43. The summed E-state index contributed by atoms with van der Waals surface area (Å²) in [5, 5.41) is 10.4. The van der Waals surface area contributed by atoms with E-state index in [4.69, 9.17) is 4.74 Å². The molecule has 2 heteroatoms. The van der Waals surface area contributed by atoms with Crippen LogP contribution >= 0.6 is 0 Å². The molecule has 0 heterocycles. The molecule has 1 fully saturated rings. The highest BCUT2D eigenvalue weighted by Crippen LogP contribution is 2.62. The Kier molecular flexibility index (Phi) is 2.67. The van der Waals surface area contributed by atoms with Gasteiger partial charge in [-0.2, -0.15) is 0 Å². The molecule has 4 unspecified atom stereocenters. The third kappa shape index (κ3) is 1.38. The summed E-state index contributed by atoms with van der Waals surface area (Å²) >= 11 is 0. The number of rotatable bonds is 2. The van der Waals surface area contributed by atoms with Gasteiger partial charge < -0.3 is 9.84 Å². The molecule has 3 rings (SSSR count). The number of hydrogen-bond donors (Lipinski definition) is 1. The van der Waals surface area contributed by atoms with Crippen molar-refractivity contribution >= 4 is 0 Å². The lowest BCUT2D eigenvalue weighted by atomic mass is 9.46. The summed E-state index contributed by atoms with van der Waals surface area (Å²) in [6.07, 6.45) is 3.11. The van der Waals surface area contributed by atoms with Crippen LogP contribution in [0.2, 0.25) is 0 Å². The predicted molar refractivity (Wildman–Crippen MR) is 72.0 cm³/mol. The molecule has 2 nitrogen and oxygen atoms in total. The highest BCUT2D eigenvalue weighted by molar-refractivity contribution is 5.43. The topological polar surface area (TPSA) is 29.5 Å². The molecule has 2 aliphatic carbocycles. The molecular formula is C16H22O2. The van der Waals surface area contributed by atoms with Gasteiger partial charge in [0.2, 0.25) is 0 Å². The predicted octanol–water partition coefficient (Wildman–Crippen LogP) is 3.13. The zero-order chi connectivity index (χ0) is 12.9. The monoisotopic (exact) mass is 246 g/mol. The van der Waals surface area contributed by atoms with Crippen LogP contribution in [-0.2, 0) is 6.42 Å². The molecule has 4 atom stereocenters. The number of aliphatic hydroxyl groups excluding tert-OH is 1. The van der Waals surface area contributed by atoms with Crippen LogP contribution in [0.3, 0.4) is 0 Å². The van der Waals surface area contributed by atoms with E-state index in [0.717, 1.165) is 25.0 Å². The van der Waals surface area contributed by atoms with Crippen molar-refractivity contribution in [2.24, 2.45) is 11.3 Å². The Hall–Kier alpha value is -1.02. The Bertz CT molecular complexity index is 468. The summed E-state index contributed by atoms with van der Waals surface area (Å²) in [5.41, 5.74) is 2.93. The van der Waals surface area contributed by atoms with Crippen molar-refractivity contribution < 1.29 is 9.84 Å². The molecule has 0 aromatic heterocycles. The quantitative estimate of drug-likeness (QED) is 0.868. The summed E-state index contributed by atoms with van der Waals surface area (Å²) in [7, 11) is 1.72. The largest absolute Gasteiger partial charge is 0.497 e. The van der Waals surface area contributed by atoms with Crippen molar-refractivity contribution in [2.75, 3.05) is 7.11 Å². The van der Waals surface area contributed by atoms with E-state index in [9.17, 15) is 5.11 Å². The number of aliphatic hydroxyl groups is 1. The van der Waals surface area contributed by atoms with Gasteiger partial charge in [-0.1, -0.05) is 19.9 Å². The number of hydrogen-bond acceptors (Lipinski definition) is 2. The second kappa shape index (κ2) is 3.99. The van der Waals surface area contributed by atoms with E-state index in [1.165, 1.54) is 11.1 Å². The van der Waals surface area contributed by atoms with E-state index in [-0.39, 0.29) is 11.5 Å². The molecule has 0 spiro atoms. The minimum Gasteiger partial charge on any atom is -0.497 e. The minimum absolute atomic E-state index is 0.0639. The van der Waals surface area contributed by atoms with E-state index in [2.05, 4.69) is 32.0 Å². The first-order valence-electron chi connectivity index (χ1n) is 6.96. The van der Waals surface area contributed by atoms with E-state index >= 15 is 0 Å². The SMILES string of the molecule is CCC1(C)C(O)C2CCc3cc(OC)ccc3C21. The Morgan fingerprint density at radius 3 is 2.89 bits per heavy atom. The van der Waals surface area contributed by atoms with Gasteiger partial charge >= 0.3 is 0 Å². The minimum atomic E-state index is -0.122. The normalized spacial score (nSPS) is 37.4. The third-order valence-electron chi connectivity index (χ3n) is 5.41. The summed E-state index contributed by atoms with van der Waals surface area (Å²) in [6.45, 7) is 4.43. The molecule has 98 valence electrons. The first kappa shape index (κ1) is 12.0. The first-order chi connectivity index (χ1) is 8.61. The Morgan fingerprint density at radius 1 is 1.44 bits per heavy atom. The molecule has 1 N–H and O–H groups in total. The molecule has 18 heavy (non-hydrogen) atoms. The van der Waals surface area contributed by atoms with E-state index in [0.29, 0.717) is 11.8 Å². The van der Waals surface area contributed by atoms with Crippen LogP contribution in [0.25, 0.3) is 0 Å². The summed E-state index contributed by atoms with van der Waals surface area (Å²) in [4.78, 5) is 0. The van der Waals surface area contributed by atoms with Crippen LogP contribution in [0.4, 0.5) is 0 Å². The fourth-order valence-electron chi connectivity index (χ4n) is 4.12. The van der Waals surface area contributed by atoms with Crippen molar-refractivity contribution in [3.8, 4) is 5.75 Å². The molecular weight excluding hydrogens is 224 g/mol. The fourth-order valence-corrected chi connectivity index (χ4v) is 4.12. The van der Waals surface area contributed by atoms with Crippen molar-refractivity contribution in [1.29, 1.82) is 0 Å². The van der Waals surface area contributed by atoms with Gasteiger partial charge in [-0.05, 0) is 54.4 Å². The lowest BCUT2D eigenvalue weighted by Crippen LogP contribution is -2.58. The second-order valence-corrected chi connectivity index (χ2v) is 6.05. The molecule has 1 aromatic carbocycles. The van der Waals surface area contributed by atoms with Crippen molar-refractivity contribution in [3.63, 3.8) is 0 Å². The van der Waals surface area contributed by atoms with Gasteiger partial charge in [-0.15, -0.1) is 0 Å². The standard InChI is InChI=1S/C16H22O2/c1-4-16(2)14-12-8-6-11(18-3)9-10(12)5-7-13(14)15(16)17/h6,8-9,13-15,17H,4-5,7H2,1-3H3. The third-order valence-corrected chi connectivity index (χ3v) is 5.41. The van der Waals surface area contributed by atoms with Crippen LogP contribution in [0.5, 0.6) is 5.75 Å². The maximum absolute atomic E-state index is 10.4. The lowest BCUT2D eigenvalue weighted by Gasteiger charge is -2.60. The van der Waals surface area contributed by atoms with E-state index in [1.807, 2.05) is 0 Å². The maximum Gasteiger partial charge on any atom is 0.119 e. The number of benzene rings is 1. The molecule has 1 aromatic rings. The van der Waals surface area contributed by atoms with Gasteiger partial charge in [0.05, 0.1) is 13.2 Å². The summed E-state index contributed by atoms with van der Waals surface area (Å²) in [6, 6.07) is 6.44. The summed E-state index contributed by atoms with van der Waals surface area (Å²) < 4.78 is 5.31. The van der Waals surface area contributed by atoms with Crippen LogP contribution < -0.4 is 4.74 Å². The number of ether oxygens (including phenoxy) is 1. The second-order valence-electron chi connectivity index (χ2n) is 6.05. The van der Waals surface area contributed by atoms with Crippen LogP contribution in [0.15, 0.2) is 18.2 Å². The first-order valence-corrected chi connectivity index (χ1v) is 6.96. The molecule has 0 bridgehead atoms. The molecule has 0 saturated heterocycles. The highest BCUT2D eigenvalue weighted by atomic mass is 16.5. The van der Waals surface area contributed by atoms with Gasteiger partial charge in [0, 0.05) is 5.41 Å². The van der Waals surface area contributed by atoms with Gasteiger partial charge in [0.1, 0.15) is 5.75 Å². The van der Waals surface area contributed by atoms with Crippen molar-refractivity contribution in [3.05, 3.63) is 29.3 Å². The smallest absolute Gasteiger partial charge is 0.119 e. The number of methoxy groups -OCH3 is 1. The van der Waals surface area contributed by atoms with Crippen LogP contribution in [0.1, 0.15) is 43.7 Å². The van der Waals surface area contributed by atoms with Gasteiger partial charge in [0.25, 0.3) is 0 Å². The number of fused-ring (bicyclic) bond motifs is 3. The molecule has 0 aliphatic heterocycles. The van der Waals surface area contributed by atoms with Gasteiger partial charge in [0.15, 0.2) is 0 Å². The molecule has 2 aliphatic rings. The molecule has 1 saturated carbocycles. The number of aryl methyl sites for hydroxylation is 1.